The summed E-state index contributed by atoms with van der Waals surface area (Å²) in [5.74, 6) is -0.304. The van der Waals surface area contributed by atoms with E-state index in [9.17, 15) is 17.6 Å². The van der Waals surface area contributed by atoms with Crippen LogP contribution in [0.4, 0.5) is 4.39 Å². The first-order valence-electron chi connectivity index (χ1n) is 11.2. The van der Waals surface area contributed by atoms with E-state index >= 15 is 0 Å². The zero-order chi connectivity index (χ0) is 22.6. The van der Waals surface area contributed by atoms with E-state index in [1.807, 2.05) is 41.3 Å². The zero-order valence-corrected chi connectivity index (χ0v) is 18.9. The summed E-state index contributed by atoms with van der Waals surface area (Å²) in [4.78, 5) is 15.1. The lowest BCUT2D eigenvalue weighted by Crippen LogP contribution is -2.45. The Labute approximate surface area is 189 Å². The first kappa shape index (κ1) is 22.7. The molecule has 0 N–H and O–H groups in total. The Morgan fingerprint density at radius 1 is 1.00 bits per heavy atom. The summed E-state index contributed by atoms with van der Waals surface area (Å²) in [5.41, 5.74) is 1.74. The number of nitrogens with zero attached hydrogens (tertiary/aromatic N) is 2. The number of halogens is 1. The molecule has 0 spiro atoms. The first-order chi connectivity index (χ1) is 15.4. The highest BCUT2D eigenvalue weighted by Crippen LogP contribution is 2.28. The molecule has 32 heavy (non-hydrogen) atoms. The molecule has 1 amide bonds. The number of sulfonamides is 1. The van der Waals surface area contributed by atoms with Crippen LogP contribution in [-0.2, 0) is 21.2 Å². The molecule has 2 heterocycles. The van der Waals surface area contributed by atoms with E-state index in [4.69, 9.17) is 0 Å². The maximum absolute atomic E-state index is 13.5. The van der Waals surface area contributed by atoms with Gasteiger partial charge in [0, 0.05) is 37.0 Å². The predicted octanol–water partition coefficient (Wildman–Crippen LogP) is 4.07. The van der Waals surface area contributed by atoms with E-state index in [1.165, 1.54) is 21.8 Å². The molecule has 170 valence electrons. The molecule has 2 saturated heterocycles. The van der Waals surface area contributed by atoms with E-state index < -0.39 is 10.0 Å². The maximum Gasteiger partial charge on any atom is 0.236 e. The lowest BCUT2D eigenvalue weighted by Gasteiger charge is -2.34. The Morgan fingerprint density at radius 3 is 2.47 bits per heavy atom. The first-order valence-corrected chi connectivity index (χ1v) is 12.7. The second-order valence-corrected chi connectivity index (χ2v) is 10.4. The van der Waals surface area contributed by atoms with Gasteiger partial charge in [-0.25, -0.2) is 12.8 Å². The van der Waals surface area contributed by atoms with Gasteiger partial charge in [-0.2, -0.15) is 4.31 Å². The van der Waals surface area contributed by atoms with Crippen LogP contribution in [0.5, 0.6) is 0 Å². The van der Waals surface area contributed by atoms with E-state index in [0.717, 1.165) is 30.5 Å². The smallest absolute Gasteiger partial charge is 0.236 e. The molecular weight excluding hydrogens is 427 g/mol. The van der Waals surface area contributed by atoms with Crippen LogP contribution in [0.25, 0.3) is 6.08 Å². The van der Waals surface area contributed by atoms with Crippen LogP contribution in [0.1, 0.15) is 36.8 Å². The molecule has 2 aromatic carbocycles. The molecule has 1 unspecified atom stereocenters. The molecule has 0 saturated carbocycles. The van der Waals surface area contributed by atoms with Gasteiger partial charge in [0.2, 0.25) is 15.9 Å². The molecule has 2 aromatic rings. The molecule has 0 aromatic heterocycles. The number of carbonyl (C=O) groups is 1. The van der Waals surface area contributed by atoms with Crippen LogP contribution >= 0.6 is 0 Å². The molecule has 5 nitrogen and oxygen atoms in total. The van der Waals surface area contributed by atoms with Crippen molar-refractivity contribution in [2.24, 2.45) is 5.92 Å². The minimum atomic E-state index is -3.51. The Morgan fingerprint density at radius 2 is 1.75 bits per heavy atom. The molecule has 2 aliphatic rings. The van der Waals surface area contributed by atoms with Gasteiger partial charge < -0.3 is 4.90 Å². The highest BCUT2D eigenvalue weighted by molar-refractivity contribution is 7.92. The number of amides is 1. The lowest BCUT2D eigenvalue weighted by atomic mass is 9.95. The van der Waals surface area contributed by atoms with Gasteiger partial charge in [-0.15, -0.1) is 0 Å². The molecule has 0 radical (unpaired) electrons. The van der Waals surface area contributed by atoms with Crippen molar-refractivity contribution in [2.45, 2.75) is 38.1 Å². The summed E-state index contributed by atoms with van der Waals surface area (Å²) >= 11 is 0. The number of benzene rings is 2. The number of hydrogen-bond acceptors (Lipinski definition) is 3. The number of likely N-dealkylation sites (tertiary alicyclic amines) is 1. The molecule has 7 heteroatoms. The van der Waals surface area contributed by atoms with Crippen molar-refractivity contribution in [3.63, 3.8) is 0 Å². The Bertz CT molecular complexity index is 1060. The second kappa shape index (κ2) is 9.96. The van der Waals surface area contributed by atoms with Crippen LogP contribution in [0.15, 0.2) is 60.0 Å². The Kier molecular flexibility index (Phi) is 7.06. The molecule has 4 rings (SSSR count). The minimum absolute atomic E-state index is 0.0832. The van der Waals surface area contributed by atoms with Gasteiger partial charge in [0.15, 0.2) is 0 Å². The van der Waals surface area contributed by atoms with Crippen molar-refractivity contribution in [2.75, 3.05) is 19.6 Å². The van der Waals surface area contributed by atoms with Gasteiger partial charge in [-0.1, -0.05) is 42.5 Å². The zero-order valence-electron chi connectivity index (χ0n) is 18.1. The van der Waals surface area contributed by atoms with Gasteiger partial charge in [-0.3, -0.25) is 4.79 Å². The van der Waals surface area contributed by atoms with E-state index in [0.29, 0.717) is 32.4 Å². The van der Waals surface area contributed by atoms with Crippen LogP contribution in [-0.4, -0.2) is 49.2 Å². The summed E-state index contributed by atoms with van der Waals surface area (Å²) in [7, 11) is -3.51. The van der Waals surface area contributed by atoms with Gasteiger partial charge in [0.25, 0.3) is 0 Å². The van der Waals surface area contributed by atoms with E-state index in [-0.39, 0.29) is 23.7 Å². The highest BCUT2D eigenvalue weighted by atomic mass is 32.2. The van der Waals surface area contributed by atoms with Crippen LogP contribution in [0.3, 0.4) is 0 Å². The largest absolute Gasteiger partial charge is 0.339 e. The molecular formula is C25H29FN2O3S. The van der Waals surface area contributed by atoms with Crippen LogP contribution in [0.2, 0.25) is 0 Å². The van der Waals surface area contributed by atoms with Crippen molar-refractivity contribution in [3.05, 3.63) is 76.9 Å². The van der Waals surface area contributed by atoms with Crippen LogP contribution in [0, 0.1) is 11.7 Å². The monoisotopic (exact) mass is 456 g/mol. The van der Waals surface area contributed by atoms with Crippen LogP contribution < -0.4 is 0 Å². The second-order valence-electron chi connectivity index (χ2n) is 8.59. The fraction of sp³-hybridized carbons (Fsp3) is 0.400. The number of carbonyl (C=O) groups excluding carboxylic acids is 1. The number of hydrogen-bond donors (Lipinski definition) is 0. The standard InChI is InChI=1S/C25H29FN2O3S/c26-23-9-4-8-21(18-23)19-24-10-5-14-28(24)25(29)22-11-15-27(16-12-22)32(30,31)17-13-20-6-2-1-3-7-20/h1-4,6-9,13,17-18,22,24H,5,10-12,14-16,19H2/b17-13+. The van der Waals surface area contributed by atoms with Crippen molar-refractivity contribution >= 4 is 22.0 Å². The lowest BCUT2D eigenvalue weighted by molar-refractivity contribution is -0.137. The molecule has 1 atom stereocenters. The topological polar surface area (TPSA) is 57.7 Å². The summed E-state index contributed by atoms with van der Waals surface area (Å²) < 4.78 is 40.4. The SMILES string of the molecule is O=C(C1CCN(S(=O)(=O)/C=C/c2ccccc2)CC1)N1CCCC1Cc1cccc(F)c1. The average Bonchev–Trinajstić information content (AvgIpc) is 3.26. The van der Waals surface area contributed by atoms with Gasteiger partial charge >= 0.3 is 0 Å². The highest BCUT2D eigenvalue weighted by Gasteiger charge is 2.36. The van der Waals surface area contributed by atoms with Crippen molar-refractivity contribution in [3.8, 4) is 0 Å². The third kappa shape index (κ3) is 5.45. The maximum atomic E-state index is 13.5. The number of piperidine rings is 1. The molecule has 0 aliphatic carbocycles. The fourth-order valence-electron chi connectivity index (χ4n) is 4.68. The van der Waals surface area contributed by atoms with Gasteiger partial charge in [-0.05, 0) is 61.4 Å². The van der Waals surface area contributed by atoms with Gasteiger partial charge in [0.05, 0.1) is 0 Å². The summed E-state index contributed by atoms with van der Waals surface area (Å²) in [6.07, 6.45) is 5.18. The Hall–Kier alpha value is -2.51. The number of rotatable bonds is 6. The quantitative estimate of drug-likeness (QED) is 0.658. The van der Waals surface area contributed by atoms with Gasteiger partial charge in [0.1, 0.15) is 5.82 Å². The average molecular weight is 457 g/mol. The summed E-state index contributed by atoms with van der Waals surface area (Å²) in [5, 5.41) is 1.25. The van der Waals surface area contributed by atoms with Crippen molar-refractivity contribution in [1.29, 1.82) is 0 Å². The summed E-state index contributed by atoms with van der Waals surface area (Å²) in [6, 6.07) is 16.0. The third-order valence-corrected chi connectivity index (χ3v) is 7.98. The minimum Gasteiger partial charge on any atom is -0.339 e. The van der Waals surface area contributed by atoms with E-state index in [1.54, 1.807) is 12.1 Å². The van der Waals surface area contributed by atoms with Crippen molar-refractivity contribution < 1.29 is 17.6 Å². The molecule has 2 aliphatic heterocycles. The third-order valence-electron chi connectivity index (χ3n) is 6.42. The Balaban J connectivity index is 1.34. The predicted molar refractivity (Wildman–Crippen MR) is 124 cm³/mol. The normalized spacial score (nSPS) is 20.8. The van der Waals surface area contributed by atoms with E-state index in [2.05, 4.69) is 0 Å². The fourth-order valence-corrected chi connectivity index (χ4v) is 5.90. The summed E-state index contributed by atoms with van der Waals surface area (Å²) in [6.45, 7) is 1.41. The molecule has 2 fully saturated rings. The molecule has 0 bridgehead atoms. The van der Waals surface area contributed by atoms with Crippen molar-refractivity contribution in [1.82, 2.24) is 9.21 Å².